The highest BCUT2D eigenvalue weighted by atomic mass is 32.1. The zero-order chi connectivity index (χ0) is 15.7. The lowest BCUT2D eigenvalue weighted by Gasteiger charge is -2.26. The summed E-state index contributed by atoms with van der Waals surface area (Å²) in [6, 6.07) is 0. The largest absolute Gasteiger partial charge is 0.477 e. The van der Waals surface area contributed by atoms with Gasteiger partial charge in [-0.25, -0.2) is 4.98 Å². The summed E-state index contributed by atoms with van der Waals surface area (Å²) in [6.45, 7) is 4.98. The maximum absolute atomic E-state index is 11.5. The molecule has 0 bridgehead atoms. The molecule has 4 N–H and O–H groups in total. The van der Waals surface area contributed by atoms with E-state index >= 15 is 0 Å². The highest BCUT2D eigenvalue weighted by Gasteiger charge is 2.23. The molecular weight excluding hydrogens is 306 g/mol. The van der Waals surface area contributed by atoms with Crippen LogP contribution in [0.4, 0.5) is 11.6 Å². The highest BCUT2D eigenvalue weighted by molar-refractivity contribution is 7.21. The van der Waals surface area contributed by atoms with Crippen molar-refractivity contribution in [2.24, 2.45) is 5.73 Å². The number of rotatable bonds is 4. The van der Waals surface area contributed by atoms with Crippen LogP contribution in [0.1, 0.15) is 16.6 Å². The number of thiophene rings is 1. The van der Waals surface area contributed by atoms with Crippen LogP contribution in [0.15, 0.2) is 0 Å². The molecule has 0 spiro atoms. The molecule has 1 aliphatic rings. The Morgan fingerprint density at radius 1 is 1.41 bits per heavy atom. The number of amides is 1. The number of carbonyl (C=O) groups is 1. The first-order valence-electron chi connectivity index (χ1n) is 6.97. The predicted molar refractivity (Wildman–Crippen MR) is 84.5 cm³/mol. The molecule has 1 aliphatic heterocycles. The molecule has 2 aromatic heterocycles. The van der Waals surface area contributed by atoms with Crippen LogP contribution in [0.2, 0.25) is 0 Å². The van der Waals surface area contributed by atoms with E-state index in [1.165, 1.54) is 0 Å². The summed E-state index contributed by atoms with van der Waals surface area (Å²) in [5.41, 5.74) is 11.7. The Kier molecular flexibility index (Phi) is 3.99. The second kappa shape index (κ2) is 5.93. The van der Waals surface area contributed by atoms with Gasteiger partial charge in [0.25, 0.3) is 5.91 Å². The van der Waals surface area contributed by atoms with Crippen molar-refractivity contribution in [2.45, 2.75) is 6.92 Å². The standard InChI is InChI=1S/C13H17N5O3S/c1-2-21-11-7-8(14)9(10(15)19)22-12(7)17-13(16-11)18-3-5-20-6-4-18/h2-6,14H2,1H3,(H2,15,19). The number of anilines is 2. The van der Waals surface area contributed by atoms with E-state index < -0.39 is 5.91 Å². The summed E-state index contributed by atoms with van der Waals surface area (Å²) in [6.07, 6.45) is 0. The van der Waals surface area contributed by atoms with Gasteiger partial charge in [0.15, 0.2) is 0 Å². The summed E-state index contributed by atoms with van der Waals surface area (Å²) in [4.78, 5) is 23.4. The van der Waals surface area contributed by atoms with E-state index in [4.69, 9.17) is 20.9 Å². The molecule has 0 unspecified atom stereocenters. The third kappa shape index (κ3) is 2.53. The summed E-state index contributed by atoms with van der Waals surface area (Å²) in [5, 5.41) is 0.553. The van der Waals surface area contributed by atoms with Gasteiger partial charge in [0.05, 0.1) is 30.9 Å². The van der Waals surface area contributed by atoms with Crippen LogP contribution in [0, 0.1) is 0 Å². The van der Waals surface area contributed by atoms with Crippen LogP contribution in [0.5, 0.6) is 5.88 Å². The molecule has 9 heteroatoms. The van der Waals surface area contributed by atoms with Crippen LogP contribution in [-0.2, 0) is 4.74 Å². The van der Waals surface area contributed by atoms with Crippen molar-refractivity contribution in [1.82, 2.24) is 9.97 Å². The van der Waals surface area contributed by atoms with Gasteiger partial charge < -0.3 is 25.8 Å². The lowest BCUT2D eigenvalue weighted by molar-refractivity contribution is 0.100. The number of ether oxygens (including phenoxy) is 2. The number of hydrogen-bond acceptors (Lipinski definition) is 8. The minimum Gasteiger partial charge on any atom is -0.477 e. The molecule has 0 aliphatic carbocycles. The number of aromatic nitrogens is 2. The van der Waals surface area contributed by atoms with Crippen molar-refractivity contribution in [3.05, 3.63) is 4.88 Å². The minimum absolute atomic E-state index is 0.282. The van der Waals surface area contributed by atoms with Gasteiger partial charge in [0.2, 0.25) is 11.8 Å². The molecule has 0 saturated carbocycles. The first kappa shape index (κ1) is 14.8. The number of hydrogen-bond donors (Lipinski definition) is 2. The van der Waals surface area contributed by atoms with Crippen molar-refractivity contribution in [3.8, 4) is 5.88 Å². The van der Waals surface area contributed by atoms with Crippen LogP contribution >= 0.6 is 11.3 Å². The van der Waals surface area contributed by atoms with Crippen LogP contribution in [0.3, 0.4) is 0 Å². The molecule has 8 nitrogen and oxygen atoms in total. The van der Waals surface area contributed by atoms with E-state index in [1.54, 1.807) is 0 Å². The Hall–Kier alpha value is -2.13. The average molecular weight is 323 g/mol. The maximum Gasteiger partial charge on any atom is 0.260 e. The minimum atomic E-state index is -0.573. The smallest absolute Gasteiger partial charge is 0.260 e. The SMILES string of the molecule is CCOc1nc(N2CCOCC2)nc2sc(C(N)=O)c(N)c12. The third-order valence-electron chi connectivity index (χ3n) is 3.34. The Labute approximate surface area is 131 Å². The fourth-order valence-electron chi connectivity index (χ4n) is 2.31. The van der Waals surface area contributed by atoms with E-state index in [2.05, 4.69) is 9.97 Å². The van der Waals surface area contributed by atoms with Crippen molar-refractivity contribution in [2.75, 3.05) is 43.5 Å². The van der Waals surface area contributed by atoms with E-state index in [1.807, 2.05) is 11.8 Å². The molecular formula is C13H17N5O3S. The van der Waals surface area contributed by atoms with Crippen molar-refractivity contribution >= 4 is 39.1 Å². The number of morpholine rings is 1. The van der Waals surface area contributed by atoms with Crippen molar-refractivity contribution in [3.63, 3.8) is 0 Å². The molecule has 0 radical (unpaired) electrons. The lowest BCUT2D eigenvalue weighted by atomic mass is 10.3. The van der Waals surface area contributed by atoms with E-state index in [0.29, 0.717) is 55.0 Å². The van der Waals surface area contributed by atoms with Gasteiger partial charge in [-0.15, -0.1) is 11.3 Å². The Morgan fingerprint density at radius 2 is 2.14 bits per heavy atom. The molecule has 0 aromatic carbocycles. The Balaban J connectivity index is 2.14. The summed E-state index contributed by atoms with van der Waals surface area (Å²) in [7, 11) is 0. The molecule has 3 rings (SSSR count). The number of nitrogens with zero attached hydrogens (tertiary/aromatic N) is 3. The second-order valence-electron chi connectivity index (χ2n) is 4.75. The van der Waals surface area contributed by atoms with Gasteiger partial charge in [-0.1, -0.05) is 0 Å². The number of carbonyl (C=O) groups excluding carboxylic acids is 1. The van der Waals surface area contributed by atoms with Gasteiger partial charge in [-0.05, 0) is 6.92 Å². The summed E-state index contributed by atoms with van der Waals surface area (Å²) in [5.74, 6) is 0.364. The normalized spacial score (nSPS) is 15.2. The van der Waals surface area contributed by atoms with Crippen LogP contribution in [-0.4, -0.2) is 48.8 Å². The molecule has 0 atom stereocenters. The number of fused-ring (bicyclic) bond motifs is 1. The molecule has 22 heavy (non-hydrogen) atoms. The quantitative estimate of drug-likeness (QED) is 0.846. The topological polar surface area (TPSA) is 117 Å². The molecule has 1 fully saturated rings. The van der Waals surface area contributed by atoms with Gasteiger partial charge in [0.1, 0.15) is 9.71 Å². The number of nitrogens with two attached hydrogens (primary N) is 2. The van der Waals surface area contributed by atoms with E-state index in [-0.39, 0.29) is 10.6 Å². The fraction of sp³-hybridized carbons (Fsp3) is 0.462. The average Bonchev–Trinajstić information content (AvgIpc) is 2.86. The van der Waals surface area contributed by atoms with E-state index in [9.17, 15) is 4.79 Å². The number of nitrogen functional groups attached to an aromatic ring is 1. The summed E-state index contributed by atoms with van der Waals surface area (Å²) >= 11 is 1.16. The molecule has 118 valence electrons. The van der Waals surface area contributed by atoms with Crippen molar-refractivity contribution in [1.29, 1.82) is 0 Å². The highest BCUT2D eigenvalue weighted by Crippen LogP contribution is 2.38. The lowest BCUT2D eigenvalue weighted by Crippen LogP contribution is -2.37. The Morgan fingerprint density at radius 3 is 2.77 bits per heavy atom. The maximum atomic E-state index is 11.5. The first-order chi connectivity index (χ1) is 10.6. The van der Waals surface area contributed by atoms with Gasteiger partial charge >= 0.3 is 0 Å². The molecule has 3 heterocycles. The molecule has 1 amide bonds. The molecule has 2 aromatic rings. The van der Waals surface area contributed by atoms with Gasteiger partial charge in [-0.2, -0.15) is 4.98 Å². The Bertz CT molecular complexity index is 711. The van der Waals surface area contributed by atoms with Gasteiger partial charge in [-0.3, -0.25) is 4.79 Å². The monoisotopic (exact) mass is 323 g/mol. The number of primary amides is 1. The fourth-order valence-corrected chi connectivity index (χ4v) is 3.24. The third-order valence-corrected chi connectivity index (χ3v) is 4.46. The van der Waals surface area contributed by atoms with Crippen molar-refractivity contribution < 1.29 is 14.3 Å². The first-order valence-corrected chi connectivity index (χ1v) is 7.78. The second-order valence-corrected chi connectivity index (χ2v) is 5.75. The van der Waals surface area contributed by atoms with Crippen LogP contribution < -0.4 is 21.1 Å². The summed E-state index contributed by atoms with van der Waals surface area (Å²) < 4.78 is 10.9. The zero-order valence-corrected chi connectivity index (χ0v) is 13.0. The van der Waals surface area contributed by atoms with Gasteiger partial charge in [0, 0.05) is 13.1 Å². The van der Waals surface area contributed by atoms with Crippen LogP contribution in [0.25, 0.3) is 10.2 Å². The molecule has 1 saturated heterocycles. The van der Waals surface area contributed by atoms with E-state index in [0.717, 1.165) is 11.3 Å². The predicted octanol–water partition coefficient (Wildman–Crippen LogP) is 0.608. The zero-order valence-electron chi connectivity index (χ0n) is 12.2.